The third-order valence-electron chi connectivity index (χ3n) is 5.81. The Morgan fingerprint density at radius 3 is 2.74 bits per heavy atom. The summed E-state index contributed by atoms with van der Waals surface area (Å²) in [4.78, 5) is 18.7. The van der Waals surface area contributed by atoms with Crippen molar-refractivity contribution in [3.05, 3.63) is 89.0 Å². The highest BCUT2D eigenvalue weighted by Crippen LogP contribution is 2.30. The molecule has 5 rings (SSSR count). The highest BCUT2D eigenvalue weighted by Gasteiger charge is 2.29. The molecular weight excluding hydrogens is 412 g/mol. The van der Waals surface area contributed by atoms with Crippen LogP contribution in [0.25, 0.3) is 10.9 Å². The fourth-order valence-corrected chi connectivity index (χ4v) is 5.57. The second-order valence-electron chi connectivity index (χ2n) is 7.95. The molecule has 1 N–H and O–H groups in total. The van der Waals surface area contributed by atoms with Crippen molar-refractivity contribution in [3.63, 3.8) is 0 Å². The minimum atomic E-state index is -3.58. The Labute approximate surface area is 180 Å². The summed E-state index contributed by atoms with van der Waals surface area (Å²) in [6.45, 7) is 3.05. The van der Waals surface area contributed by atoms with Gasteiger partial charge in [-0.25, -0.2) is 8.42 Å². The molecule has 7 heteroatoms. The van der Waals surface area contributed by atoms with Gasteiger partial charge in [0.15, 0.2) is 15.6 Å². The van der Waals surface area contributed by atoms with Crippen molar-refractivity contribution in [2.75, 3.05) is 6.54 Å². The minimum absolute atomic E-state index is 0.0963. The van der Waals surface area contributed by atoms with Gasteiger partial charge in [-0.15, -0.1) is 0 Å². The number of fused-ring (bicyclic) bond motifs is 3. The molecule has 0 spiro atoms. The number of carbonyl (C=O) groups is 1. The molecule has 0 unspecified atom stereocenters. The number of amides is 1. The summed E-state index contributed by atoms with van der Waals surface area (Å²) in [5, 5.41) is 1.12. The summed E-state index contributed by atoms with van der Waals surface area (Å²) in [7, 11) is -3.58. The van der Waals surface area contributed by atoms with Crippen LogP contribution in [-0.2, 0) is 28.6 Å². The van der Waals surface area contributed by atoms with Crippen LogP contribution in [-0.4, -0.2) is 30.8 Å². The number of aromatic amines is 1. The molecule has 2 aromatic heterocycles. The number of hydrogen-bond donors (Lipinski definition) is 1. The van der Waals surface area contributed by atoms with Crippen LogP contribution < -0.4 is 0 Å². The fraction of sp³-hybridized carbons (Fsp3) is 0.208. The van der Waals surface area contributed by atoms with E-state index in [1.54, 1.807) is 41.3 Å². The van der Waals surface area contributed by atoms with Gasteiger partial charge in [-0.1, -0.05) is 29.8 Å². The van der Waals surface area contributed by atoms with Crippen LogP contribution in [0.3, 0.4) is 0 Å². The Morgan fingerprint density at radius 2 is 1.94 bits per heavy atom. The van der Waals surface area contributed by atoms with Gasteiger partial charge in [-0.05, 0) is 37.3 Å². The Bertz CT molecular complexity index is 1380. The van der Waals surface area contributed by atoms with E-state index in [9.17, 15) is 13.2 Å². The number of rotatable bonds is 4. The molecule has 1 aliphatic rings. The maximum atomic E-state index is 13.3. The van der Waals surface area contributed by atoms with Gasteiger partial charge in [0.05, 0.1) is 16.9 Å². The van der Waals surface area contributed by atoms with E-state index in [1.807, 2.05) is 6.92 Å². The first-order chi connectivity index (χ1) is 14.9. The number of aromatic nitrogens is 1. The van der Waals surface area contributed by atoms with Crippen LogP contribution in [0.4, 0.5) is 0 Å². The van der Waals surface area contributed by atoms with Gasteiger partial charge in [0.1, 0.15) is 0 Å². The summed E-state index contributed by atoms with van der Waals surface area (Å²) in [6, 6.07) is 16.1. The van der Waals surface area contributed by atoms with Gasteiger partial charge in [0.2, 0.25) is 0 Å². The summed E-state index contributed by atoms with van der Waals surface area (Å²) >= 11 is 0. The van der Waals surface area contributed by atoms with Crippen LogP contribution in [0, 0.1) is 6.92 Å². The summed E-state index contributed by atoms with van der Waals surface area (Å²) in [5.74, 6) is -0.463. The van der Waals surface area contributed by atoms with Crippen molar-refractivity contribution in [3.8, 4) is 0 Å². The number of nitrogens with one attached hydrogen (secondary N) is 1. The van der Waals surface area contributed by atoms with E-state index in [0.717, 1.165) is 27.7 Å². The van der Waals surface area contributed by atoms with Gasteiger partial charge in [-0.2, -0.15) is 0 Å². The second kappa shape index (κ2) is 7.42. The molecule has 158 valence electrons. The molecule has 0 aliphatic carbocycles. The number of H-pyrrole nitrogens is 1. The van der Waals surface area contributed by atoms with E-state index in [4.69, 9.17) is 4.42 Å². The highest BCUT2D eigenvalue weighted by molar-refractivity contribution is 7.90. The molecule has 0 saturated heterocycles. The molecule has 31 heavy (non-hydrogen) atoms. The molecule has 0 saturated carbocycles. The lowest BCUT2D eigenvalue weighted by Crippen LogP contribution is -2.36. The molecule has 1 aliphatic heterocycles. The van der Waals surface area contributed by atoms with Crippen LogP contribution in [0.1, 0.15) is 32.9 Å². The fourth-order valence-electron chi connectivity index (χ4n) is 4.20. The summed E-state index contributed by atoms with van der Waals surface area (Å²) in [6.07, 6.45) is 2.10. The van der Waals surface area contributed by atoms with E-state index >= 15 is 0 Å². The largest absolute Gasteiger partial charge is 0.459 e. The SMILES string of the molecule is Cc1ccc2[nH]c3c(c2c1)CN(C(=O)c1occc1CS(=O)(=O)c1ccccc1)CC3. The van der Waals surface area contributed by atoms with Gasteiger partial charge >= 0.3 is 0 Å². The molecule has 6 nitrogen and oxygen atoms in total. The average Bonchev–Trinajstić information content (AvgIpc) is 3.37. The van der Waals surface area contributed by atoms with E-state index < -0.39 is 9.84 Å². The lowest BCUT2D eigenvalue weighted by atomic mass is 10.0. The van der Waals surface area contributed by atoms with E-state index in [0.29, 0.717) is 25.1 Å². The zero-order chi connectivity index (χ0) is 21.6. The van der Waals surface area contributed by atoms with Crippen molar-refractivity contribution in [2.45, 2.75) is 30.5 Å². The number of sulfone groups is 1. The normalized spacial score (nSPS) is 14.0. The molecule has 0 bridgehead atoms. The molecule has 3 heterocycles. The first-order valence-corrected chi connectivity index (χ1v) is 11.8. The number of nitrogens with zero attached hydrogens (tertiary/aromatic N) is 1. The zero-order valence-corrected chi connectivity index (χ0v) is 17.9. The molecule has 1 amide bonds. The Hall–Kier alpha value is -3.32. The number of hydrogen-bond acceptors (Lipinski definition) is 4. The molecule has 0 fully saturated rings. The van der Waals surface area contributed by atoms with Gasteiger partial charge in [-0.3, -0.25) is 4.79 Å². The minimum Gasteiger partial charge on any atom is -0.459 e. The highest BCUT2D eigenvalue weighted by atomic mass is 32.2. The predicted molar refractivity (Wildman–Crippen MR) is 118 cm³/mol. The quantitative estimate of drug-likeness (QED) is 0.521. The lowest BCUT2D eigenvalue weighted by molar-refractivity contribution is 0.0701. The topological polar surface area (TPSA) is 83.4 Å². The Kier molecular flexibility index (Phi) is 4.70. The van der Waals surface area contributed by atoms with Crippen LogP contribution in [0.15, 0.2) is 70.2 Å². The van der Waals surface area contributed by atoms with E-state index in [-0.39, 0.29) is 22.3 Å². The van der Waals surface area contributed by atoms with Crippen LogP contribution in [0.5, 0.6) is 0 Å². The average molecular weight is 435 g/mol. The smallest absolute Gasteiger partial charge is 0.290 e. The predicted octanol–water partition coefficient (Wildman–Crippen LogP) is 4.24. The Morgan fingerprint density at radius 1 is 1.13 bits per heavy atom. The van der Waals surface area contributed by atoms with Gasteiger partial charge in [0, 0.05) is 47.2 Å². The zero-order valence-electron chi connectivity index (χ0n) is 17.1. The van der Waals surface area contributed by atoms with Crippen molar-refractivity contribution >= 4 is 26.6 Å². The number of furan rings is 1. The molecule has 0 radical (unpaired) electrons. The van der Waals surface area contributed by atoms with Crippen LogP contribution in [0.2, 0.25) is 0 Å². The molecule has 0 atom stereocenters. The number of carbonyl (C=O) groups excluding carboxylic acids is 1. The monoisotopic (exact) mass is 434 g/mol. The molecule has 2 aromatic carbocycles. The molecular formula is C24H22N2O4S. The number of aryl methyl sites for hydroxylation is 1. The Balaban J connectivity index is 1.42. The van der Waals surface area contributed by atoms with Crippen molar-refractivity contribution < 1.29 is 17.6 Å². The maximum absolute atomic E-state index is 13.3. The standard InChI is InChI=1S/C24H22N2O4S/c1-16-7-8-21-19(13-16)20-14-26(11-9-22(20)25-21)24(27)23-17(10-12-30-23)15-31(28,29)18-5-3-2-4-6-18/h2-8,10,12-13,25H,9,11,14-15H2,1H3. The summed E-state index contributed by atoms with van der Waals surface area (Å²) < 4.78 is 31.0. The second-order valence-corrected chi connectivity index (χ2v) is 9.94. The third kappa shape index (κ3) is 3.55. The first kappa shape index (κ1) is 19.6. The molecule has 4 aromatic rings. The van der Waals surface area contributed by atoms with Gasteiger partial charge < -0.3 is 14.3 Å². The lowest BCUT2D eigenvalue weighted by Gasteiger charge is -2.27. The van der Waals surface area contributed by atoms with Crippen molar-refractivity contribution in [1.29, 1.82) is 0 Å². The number of benzene rings is 2. The van der Waals surface area contributed by atoms with E-state index in [1.165, 1.54) is 6.26 Å². The van der Waals surface area contributed by atoms with Crippen LogP contribution >= 0.6 is 0 Å². The van der Waals surface area contributed by atoms with E-state index in [2.05, 4.69) is 23.2 Å². The van der Waals surface area contributed by atoms with Gasteiger partial charge in [0.25, 0.3) is 5.91 Å². The third-order valence-corrected chi connectivity index (χ3v) is 7.49. The van der Waals surface area contributed by atoms with Crippen molar-refractivity contribution in [1.82, 2.24) is 9.88 Å². The summed E-state index contributed by atoms with van der Waals surface area (Å²) in [5.41, 5.74) is 4.88. The van der Waals surface area contributed by atoms with Crippen molar-refractivity contribution in [2.24, 2.45) is 0 Å². The maximum Gasteiger partial charge on any atom is 0.290 e. The first-order valence-electron chi connectivity index (χ1n) is 10.2.